The Morgan fingerprint density at radius 3 is 2.87 bits per heavy atom. The molecule has 2 aromatic heterocycles. The predicted octanol–water partition coefficient (Wildman–Crippen LogP) is 3.00. The van der Waals surface area contributed by atoms with Crippen LogP contribution in [0.5, 0.6) is 0 Å². The van der Waals surface area contributed by atoms with Gasteiger partial charge in [0.15, 0.2) is 0 Å². The van der Waals surface area contributed by atoms with Crippen molar-refractivity contribution in [2.45, 2.75) is 0 Å². The van der Waals surface area contributed by atoms with Gasteiger partial charge in [-0.05, 0) is 17.6 Å². The molecule has 0 fully saturated rings. The van der Waals surface area contributed by atoms with Crippen molar-refractivity contribution < 1.29 is 0 Å². The first-order valence-corrected chi connectivity index (χ1v) is 6.06. The number of hydrogen-bond donors (Lipinski definition) is 1. The fourth-order valence-electron chi connectivity index (χ4n) is 1.49. The third-order valence-corrected chi connectivity index (χ3v) is 3.88. The van der Waals surface area contributed by atoms with Crippen molar-refractivity contribution >= 4 is 38.9 Å². The molecule has 2 heterocycles. The van der Waals surface area contributed by atoms with Gasteiger partial charge in [0.1, 0.15) is 5.01 Å². The number of hydrogen-bond acceptors (Lipinski definition) is 5. The molecule has 0 atom stereocenters. The number of benzene rings is 1. The Morgan fingerprint density at radius 2 is 2.07 bits per heavy atom. The topological polar surface area (TPSA) is 51.8 Å². The second-order valence-corrected chi connectivity index (χ2v) is 4.77. The molecule has 0 saturated carbocycles. The molecule has 0 bridgehead atoms. The Hall–Kier alpha value is -1.46. The molecule has 74 valence electrons. The highest BCUT2D eigenvalue weighted by molar-refractivity contribution is 7.18. The number of aromatic nitrogens is 2. The SMILES string of the molecule is Nc1nsc(-c2csc3ccccc23)n1. The van der Waals surface area contributed by atoms with Gasteiger partial charge in [-0.2, -0.15) is 9.36 Å². The Balaban J connectivity index is 2.27. The zero-order chi connectivity index (χ0) is 10.3. The van der Waals surface area contributed by atoms with E-state index in [9.17, 15) is 0 Å². The van der Waals surface area contributed by atoms with Gasteiger partial charge in [0, 0.05) is 21.0 Å². The molecule has 15 heavy (non-hydrogen) atoms. The molecule has 0 aliphatic rings. The minimum Gasteiger partial charge on any atom is -0.367 e. The maximum atomic E-state index is 5.52. The number of rotatable bonds is 1. The van der Waals surface area contributed by atoms with Crippen LogP contribution in [-0.4, -0.2) is 9.36 Å². The third-order valence-electron chi connectivity index (χ3n) is 2.15. The first kappa shape index (κ1) is 8.82. The number of nitrogens with two attached hydrogens (primary N) is 1. The average Bonchev–Trinajstić information content (AvgIpc) is 2.83. The van der Waals surface area contributed by atoms with E-state index >= 15 is 0 Å². The standard InChI is InChI=1S/C10H7N3S2/c11-10-12-9(15-13-10)7-5-14-8-4-2-1-3-6(7)8/h1-5H,(H2,11,13). The summed E-state index contributed by atoms with van der Waals surface area (Å²) in [5.41, 5.74) is 6.65. The van der Waals surface area contributed by atoms with E-state index in [1.54, 1.807) is 11.3 Å². The summed E-state index contributed by atoms with van der Waals surface area (Å²) in [5.74, 6) is 0.352. The lowest BCUT2D eigenvalue weighted by atomic mass is 10.2. The van der Waals surface area contributed by atoms with Crippen molar-refractivity contribution in [1.29, 1.82) is 0 Å². The van der Waals surface area contributed by atoms with E-state index in [-0.39, 0.29) is 0 Å². The summed E-state index contributed by atoms with van der Waals surface area (Å²) in [5, 5.41) is 4.22. The smallest absolute Gasteiger partial charge is 0.232 e. The maximum absolute atomic E-state index is 5.52. The van der Waals surface area contributed by atoms with Gasteiger partial charge in [0.05, 0.1) is 0 Å². The van der Waals surface area contributed by atoms with Crippen LogP contribution < -0.4 is 5.73 Å². The van der Waals surface area contributed by atoms with Gasteiger partial charge in [-0.25, -0.2) is 0 Å². The van der Waals surface area contributed by atoms with E-state index in [0.717, 1.165) is 10.6 Å². The van der Waals surface area contributed by atoms with E-state index in [4.69, 9.17) is 5.73 Å². The van der Waals surface area contributed by atoms with E-state index in [2.05, 4.69) is 26.9 Å². The van der Waals surface area contributed by atoms with Gasteiger partial charge in [0.25, 0.3) is 0 Å². The van der Waals surface area contributed by atoms with Crippen molar-refractivity contribution in [3.8, 4) is 10.6 Å². The van der Waals surface area contributed by atoms with Crippen LogP contribution >= 0.6 is 22.9 Å². The van der Waals surface area contributed by atoms with Gasteiger partial charge in [-0.3, -0.25) is 0 Å². The van der Waals surface area contributed by atoms with Crippen LogP contribution in [0.15, 0.2) is 29.6 Å². The molecule has 0 spiro atoms. The Bertz CT molecular complexity index is 612. The molecular weight excluding hydrogens is 226 g/mol. The summed E-state index contributed by atoms with van der Waals surface area (Å²) >= 11 is 3.06. The number of fused-ring (bicyclic) bond motifs is 1. The molecule has 5 heteroatoms. The highest BCUT2D eigenvalue weighted by atomic mass is 32.1. The lowest BCUT2D eigenvalue weighted by Crippen LogP contribution is -1.85. The van der Waals surface area contributed by atoms with Gasteiger partial charge in [-0.1, -0.05) is 18.2 Å². The zero-order valence-corrected chi connectivity index (χ0v) is 9.31. The van der Waals surface area contributed by atoms with Crippen molar-refractivity contribution in [2.24, 2.45) is 0 Å². The van der Waals surface area contributed by atoms with Gasteiger partial charge >= 0.3 is 0 Å². The van der Waals surface area contributed by atoms with Crippen molar-refractivity contribution in [2.75, 3.05) is 5.73 Å². The highest BCUT2D eigenvalue weighted by Gasteiger charge is 2.09. The molecule has 2 N–H and O–H groups in total. The fourth-order valence-corrected chi connectivity index (χ4v) is 3.13. The van der Waals surface area contributed by atoms with Crippen LogP contribution in [0.4, 0.5) is 5.95 Å². The molecule has 3 nitrogen and oxygen atoms in total. The molecule has 0 amide bonds. The number of anilines is 1. The summed E-state index contributed by atoms with van der Waals surface area (Å²) in [6, 6.07) is 8.27. The minimum atomic E-state index is 0.352. The zero-order valence-electron chi connectivity index (χ0n) is 7.68. The van der Waals surface area contributed by atoms with Crippen LogP contribution in [0.1, 0.15) is 0 Å². The Morgan fingerprint density at radius 1 is 1.20 bits per heavy atom. The van der Waals surface area contributed by atoms with Gasteiger partial charge in [-0.15, -0.1) is 11.3 Å². The quantitative estimate of drug-likeness (QED) is 0.703. The largest absolute Gasteiger partial charge is 0.367 e. The minimum absolute atomic E-state index is 0.352. The summed E-state index contributed by atoms with van der Waals surface area (Å²) in [7, 11) is 0. The third kappa shape index (κ3) is 1.40. The lowest BCUT2D eigenvalue weighted by Gasteiger charge is -1.91. The highest BCUT2D eigenvalue weighted by Crippen LogP contribution is 2.34. The maximum Gasteiger partial charge on any atom is 0.232 e. The first-order valence-electron chi connectivity index (χ1n) is 4.40. The Kier molecular flexibility index (Phi) is 1.93. The summed E-state index contributed by atoms with van der Waals surface area (Å²) in [6.07, 6.45) is 0. The van der Waals surface area contributed by atoms with Crippen LogP contribution in [0, 0.1) is 0 Å². The predicted molar refractivity (Wildman–Crippen MR) is 65.1 cm³/mol. The van der Waals surface area contributed by atoms with Crippen LogP contribution in [0.2, 0.25) is 0 Å². The molecule has 3 aromatic rings. The molecular formula is C10H7N3S2. The molecule has 0 unspecified atom stereocenters. The van der Waals surface area contributed by atoms with Gasteiger partial charge in [0.2, 0.25) is 5.95 Å². The first-order chi connectivity index (χ1) is 7.34. The molecule has 0 radical (unpaired) electrons. The number of nitrogen functional groups attached to an aromatic ring is 1. The second-order valence-electron chi connectivity index (χ2n) is 3.10. The second kappa shape index (κ2) is 3.29. The summed E-state index contributed by atoms with van der Waals surface area (Å²) < 4.78 is 5.26. The lowest BCUT2D eigenvalue weighted by molar-refractivity contribution is 1.34. The Labute approximate surface area is 94.4 Å². The normalized spacial score (nSPS) is 10.9. The van der Waals surface area contributed by atoms with Crippen LogP contribution in [0.25, 0.3) is 20.7 Å². The van der Waals surface area contributed by atoms with E-state index < -0.39 is 0 Å². The molecule has 0 aliphatic heterocycles. The van der Waals surface area contributed by atoms with Crippen molar-refractivity contribution in [3.05, 3.63) is 29.6 Å². The van der Waals surface area contributed by atoms with E-state index in [1.807, 2.05) is 12.1 Å². The number of thiophene rings is 1. The van der Waals surface area contributed by atoms with E-state index in [0.29, 0.717) is 5.95 Å². The average molecular weight is 233 g/mol. The molecule has 1 aromatic carbocycles. The van der Waals surface area contributed by atoms with Crippen molar-refractivity contribution in [3.63, 3.8) is 0 Å². The monoisotopic (exact) mass is 233 g/mol. The molecule has 0 saturated heterocycles. The van der Waals surface area contributed by atoms with Crippen molar-refractivity contribution in [1.82, 2.24) is 9.36 Å². The molecule has 3 rings (SSSR count). The van der Waals surface area contributed by atoms with E-state index in [1.165, 1.54) is 21.6 Å². The van der Waals surface area contributed by atoms with Crippen LogP contribution in [-0.2, 0) is 0 Å². The summed E-state index contributed by atoms with van der Waals surface area (Å²) in [4.78, 5) is 4.20. The number of nitrogens with zero attached hydrogens (tertiary/aromatic N) is 2. The fraction of sp³-hybridized carbons (Fsp3) is 0. The van der Waals surface area contributed by atoms with Gasteiger partial charge < -0.3 is 5.73 Å². The summed E-state index contributed by atoms with van der Waals surface area (Å²) in [6.45, 7) is 0. The molecule has 0 aliphatic carbocycles. The van der Waals surface area contributed by atoms with Crippen LogP contribution in [0.3, 0.4) is 0 Å².